The summed E-state index contributed by atoms with van der Waals surface area (Å²) in [6, 6.07) is 14.7. The zero-order valence-corrected chi connectivity index (χ0v) is 17.5. The lowest BCUT2D eigenvalue weighted by molar-refractivity contribution is 0.0980. The second kappa shape index (κ2) is 8.28. The first-order valence-electron chi connectivity index (χ1n) is 9.98. The maximum absolute atomic E-state index is 12.1. The highest BCUT2D eigenvalue weighted by atomic mass is 16.5. The van der Waals surface area contributed by atoms with Crippen molar-refractivity contribution >= 4 is 22.8 Å². The molecule has 0 spiro atoms. The van der Waals surface area contributed by atoms with Crippen molar-refractivity contribution in [2.45, 2.75) is 6.92 Å². The van der Waals surface area contributed by atoms with Crippen LogP contribution in [0.25, 0.3) is 28.0 Å². The predicted molar refractivity (Wildman–Crippen MR) is 123 cm³/mol. The van der Waals surface area contributed by atoms with E-state index in [1.807, 2.05) is 36.4 Å². The van der Waals surface area contributed by atoms with Crippen molar-refractivity contribution in [3.05, 3.63) is 73.4 Å². The van der Waals surface area contributed by atoms with Gasteiger partial charge in [-0.05, 0) is 37.1 Å². The van der Waals surface area contributed by atoms with Crippen LogP contribution < -0.4 is 10.5 Å². The molecule has 0 bridgehead atoms. The summed E-state index contributed by atoms with van der Waals surface area (Å²) in [5.74, 6) is 6.20. The van der Waals surface area contributed by atoms with Crippen LogP contribution in [0.5, 0.6) is 11.6 Å². The summed E-state index contributed by atoms with van der Waals surface area (Å²) in [6.45, 7) is 1.61. The molecule has 0 unspecified atom stereocenters. The average molecular weight is 435 g/mol. The maximum atomic E-state index is 12.1. The normalized spacial score (nSPS) is 10.6. The van der Waals surface area contributed by atoms with Crippen molar-refractivity contribution in [2.75, 3.05) is 5.73 Å². The average Bonchev–Trinajstić information content (AvgIpc) is 3.47. The minimum atomic E-state index is -0.340. The molecule has 0 fully saturated rings. The second-order valence-electron chi connectivity index (χ2n) is 6.98. The van der Waals surface area contributed by atoms with Gasteiger partial charge in [-0.25, -0.2) is 19.6 Å². The monoisotopic (exact) mass is 435 g/mol. The minimum Gasteiger partial charge on any atom is -0.439 e. The Morgan fingerprint density at radius 1 is 1.06 bits per heavy atom. The molecule has 4 heterocycles. The first kappa shape index (κ1) is 20.0. The lowest BCUT2D eigenvalue weighted by Gasteiger charge is -2.05. The number of carbonyl (C=O) groups excluding carboxylic acids is 1. The summed E-state index contributed by atoms with van der Waals surface area (Å²) < 4.78 is 8.77. The Morgan fingerprint density at radius 3 is 2.67 bits per heavy atom. The van der Waals surface area contributed by atoms with E-state index in [-0.39, 0.29) is 5.91 Å². The molecule has 0 saturated heterocycles. The van der Waals surface area contributed by atoms with Crippen LogP contribution >= 0.6 is 0 Å². The Hall–Kier alpha value is -4.97. The number of hydrogen-bond donors (Lipinski definition) is 1. The molecule has 0 aliphatic carbocycles. The molecule has 33 heavy (non-hydrogen) atoms. The van der Waals surface area contributed by atoms with Crippen molar-refractivity contribution in [3.8, 4) is 40.4 Å². The van der Waals surface area contributed by atoms with E-state index in [4.69, 9.17) is 15.6 Å². The van der Waals surface area contributed by atoms with Gasteiger partial charge in [-0.1, -0.05) is 24.1 Å². The van der Waals surface area contributed by atoms with Crippen molar-refractivity contribution < 1.29 is 9.53 Å². The van der Waals surface area contributed by atoms with Gasteiger partial charge in [-0.2, -0.15) is 5.10 Å². The van der Waals surface area contributed by atoms with Crippen molar-refractivity contribution in [2.24, 2.45) is 0 Å². The van der Waals surface area contributed by atoms with Gasteiger partial charge < -0.3 is 10.5 Å². The van der Waals surface area contributed by atoms with Gasteiger partial charge in [0.05, 0.1) is 11.1 Å². The lowest BCUT2D eigenvalue weighted by Crippen LogP contribution is -2.05. The highest BCUT2D eigenvalue weighted by molar-refractivity contribution is 5.99. The van der Waals surface area contributed by atoms with Crippen LogP contribution in [-0.2, 0) is 0 Å². The molecule has 0 aliphatic rings. The zero-order valence-electron chi connectivity index (χ0n) is 17.5. The number of nitrogen functional groups attached to an aromatic ring is 1. The fourth-order valence-corrected chi connectivity index (χ4v) is 3.36. The van der Waals surface area contributed by atoms with E-state index in [9.17, 15) is 4.79 Å². The Labute approximate surface area is 188 Å². The number of pyridine rings is 1. The van der Waals surface area contributed by atoms with Crippen molar-refractivity contribution in [1.82, 2.24) is 29.3 Å². The van der Waals surface area contributed by atoms with Gasteiger partial charge in [-0.3, -0.25) is 9.36 Å². The maximum Gasteiger partial charge on any atom is 0.306 e. The quantitative estimate of drug-likeness (QED) is 0.428. The molecular weight excluding hydrogens is 418 g/mol. The SMILES string of the molecule is CC#CC(=O)n1ccc(-n2nc(-c3ccc(Oc4ccccc4)nc3)c3c(N)ncnc32)c1. The third-order valence-corrected chi connectivity index (χ3v) is 4.86. The van der Waals surface area contributed by atoms with Crippen LogP contribution in [0.3, 0.4) is 0 Å². The summed E-state index contributed by atoms with van der Waals surface area (Å²) in [6.07, 6.45) is 6.29. The van der Waals surface area contributed by atoms with Gasteiger partial charge >= 0.3 is 5.91 Å². The van der Waals surface area contributed by atoms with Gasteiger partial charge in [0, 0.05) is 30.2 Å². The van der Waals surface area contributed by atoms with Crippen LogP contribution in [0.2, 0.25) is 0 Å². The van der Waals surface area contributed by atoms with E-state index in [0.717, 1.165) is 0 Å². The number of ether oxygens (including phenoxy) is 1. The number of benzene rings is 1. The first-order chi connectivity index (χ1) is 16.1. The number of rotatable bonds is 4. The Kier molecular flexibility index (Phi) is 5.01. The number of para-hydroxylation sites is 1. The summed E-state index contributed by atoms with van der Waals surface area (Å²) in [5.41, 5.74) is 8.60. The molecular formula is C24H17N7O2. The summed E-state index contributed by atoms with van der Waals surface area (Å²) in [5, 5.41) is 5.30. The van der Waals surface area contributed by atoms with E-state index >= 15 is 0 Å². The number of hydrogen-bond acceptors (Lipinski definition) is 7. The highest BCUT2D eigenvalue weighted by Crippen LogP contribution is 2.32. The number of nitrogens with two attached hydrogens (primary N) is 1. The van der Waals surface area contributed by atoms with Crippen LogP contribution in [0, 0.1) is 11.8 Å². The molecule has 9 heteroatoms. The van der Waals surface area contributed by atoms with Gasteiger partial charge in [0.25, 0.3) is 0 Å². The van der Waals surface area contributed by atoms with Crippen LogP contribution in [0.4, 0.5) is 5.82 Å². The fourth-order valence-electron chi connectivity index (χ4n) is 3.36. The van der Waals surface area contributed by atoms with Crippen molar-refractivity contribution in [1.29, 1.82) is 0 Å². The molecule has 5 rings (SSSR count). The largest absolute Gasteiger partial charge is 0.439 e. The Morgan fingerprint density at radius 2 is 1.91 bits per heavy atom. The van der Waals surface area contributed by atoms with E-state index in [0.29, 0.717) is 45.4 Å². The van der Waals surface area contributed by atoms with Gasteiger partial charge in [-0.15, -0.1) is 0 Å². The molecule has 0 amide bonds. The van der Waals surface area contributed by atoms with Crippen LogP contribution in [0.15, 0.2) is 73.4 Å². The molecule has 9 nitrogen and oxygen atoms in total. The van der Waals surface area contributed by atoms with E-state index < -0.39 is 0 Å². The van der Waals surface area contributed by atoms with E-state index in [2.05, 4.69) is 26.8 Å². The van der Waals surface area contributed by atoms with Crippen molar-refractivity contribution in [3.63, 3.8) is 0 Å². The standard InChI is InChI=1S/C24H17N7O2/c1-2-6-20(32)30-12-11-17(14-30)31-24-21(23(25)27-15-28-24)22(29-31)16-9-10-19(26-13-16)33-18-7-4-3-5-8-18/h3-5,7-15H,1H3,(H2,25,27,28). The Balaban J connectivity index is 1.55. The summed E-state index contributed by atoms with van der Waals surface area (Å²) in [7, 11) is 0. The van der Waals surface area contributed by atoms with Gasteiger partial charge in [0.15, 0.2) is 5.65 Å². The van der Waals surface area contributed by atoms with E-state index in [1.165, 1.54) is 10.9 Å². The predicted octanol–water partition coefficient (Wildman–Crippen LogP) is 3.72. The third-order valence-electron chi connectivity index (χ3n) is 4.86. The molecule has 0 radical (unpaired) electrons. The molecule has 1 aromatic carbocycles. The molecule has 0 aliphatic heterocycles. The molecule has 2 N–H and O–H groups in total. The topological polar surface area (TPSA) is 114 Å². The smallest absolute Gasteiger partial charge is 0.306 e. The zero-order chi connectivity index (χ0) is 22.8. The van der Waals surface area contributed by atoms with Crippen LogP contribution in [0.1, 0.15) is 11.7 Å². The van der Waals surface area contributed by atoms with E-state index in [1.54, 1.807) is 42.3 Å². The number of fused-ring (bicyclic) bond motifs is 1. The molecule has 0 atom stereocenters. The molecule has 0 saturated carbocycles. The first-order valence-corrected chi connectivity index (χ1v) is 9.98. The number of anilines is 1. The van der Waals surface area contributed by atoms with Crippen LogP contribution in [-0.4, -0.2) is 35.2 Å². The molecule has 4 aromatic heterocycles. The highest BCUT2D eigenvalue weighted by Gasteiger charge is 2.19. The molecule has 160 valence electrons. The number of nitrogens with zero attached hydrogens (tertiary/aromatic N) is 6. The Bertz CT molecular complexity index is 1520. The fraction of sp³-hybridized carbons (Fsp3) is 0.0417. The minimum absolute atomic E-state index is 0.290. The number of carbonyl (C=O) groups is 1. The summed E-state index contributed by atoms with van der Waals surface area (Å²) in [4.78, 5) is 25.0. The van der Waals surface area contributed by atoms with Gasteiger partial charge in [0.1, 0.15) is 23.6 Å². The lowest BCUT2D eigenvalue weighted by atomic mass is 10.1. The summed E-state index contributed by atoms with van der Waals surface area (Å²) >= 11 is 0. The van der Waals surface area contributed by atoms with Gasteiger partial charge in [0.2, 0.25) is 5.88 Å². The molecule has 5 aromatic rings. The second-order valence-corrected chi connectivity index (χ2v) is 6.98. The third kappa shape index (κ3) is 3.77. The number of aromatic nitrogens is 6.